The molecule has 1 aromatic rings. The molecule has 2 N–H and O–H groups in total. The molecule has 0 radical (unpaired) electrons. The molecule has 0 bridgehead atoms. The van der Waals surface area contributed by atoms with Crippen LogP contribution in [0.15, 0.2) is 24.3 Å². The summed E-state index contributed by atoms with van der Waals surface area (Å²) in [5, 5.41) is 22.8. The molecule has 0 spiro atoms. The van der Waals surface area contributed by atoms with Crippen LogP contribution in [0.2, 0.25) is 0 Å². The summed E-state index contributed by atoms with van der Waals surface area (Å²) >= 11 is 0. The van der Waals surface area contributed by atoms with Gasteiger partial charge >= 0.3 is 0 Å². The third kappa shape index (κ3) is 5.15. The first-order valence-electron chi connectivity index (χ1n) is 7.00. The number of rotatable bonds is 7. The van der Waals surface area contributed by atoms with Crippen molar-refractivity contribution in [2.75, 3.05) is 6.61 Å². The van der Waals surface area contributed by atoms with Gasteiger partial charge in [-0.25, -0.2) is 0 Å². The van der Waals surface area contributed by atoms with Crippen molar-refractivity contribution in [1.29, 1.82) is 0 Å². The van der Waals surface area contributed by atoms with E-state index in [2.05, 4.69) is 5.32 Å². The number of carbonyl (C=O) groups is 1. The van der Waals surface area contributed by atoms with E-state index in [1.807, 2.05) is 13.8 Å². The first-order chi connectivity index (χ1) is 9.85. The zero-order valence-corrected chi connectivity index (χ0v) is 12.6. The molecule has 2 atom stereocenters. The third-order valence-corrected chi connectivity index (χ3v) is 3.30. The second-order valence-corrected chi connectivity index (χ2v) is 5.59. The minimum absolute atomic E-state index is 0.0342. The number of nitrogens with one attached hydrogen (secondary N) is 1. The van der Waals surface area contributed by atoms with Gasteiger partial charge in [0, 0.05) is 12.1 Å². The standard InChI is InChI=1S/C15H22N2O4/c1-10(2)7-13(9-18)16-15(19)11(3)12-5-4-6-14(8-12)17(20)21/h4-6,8,10-11,13,18H,7,9H2,1-3H3,(H,16,19). The lowest BCUT2D eigenvalue weighted by atomic mass is 9.98. The summed E-state index contributed by atoms with van der Waals surface area (Å²) in [6.07, 6.45) is 0.684. The number of non-ortho nitro benzene ring substituents is 1. The quantitative estimate of drug-likeness (QED) is 0.595. The molecular weight excluding hydrogens is 272 g/mol. The highest BCUT2D eigenvalue weighted by Crippen LogP contribution is 2.21. The van der Waals surface area contributed by atoms with Gasteiger partial charge < -0.3 is 10.4 Å². The fraction of sp³-hybridized carbons (Fsp3) is 0.533. The molecule has 2 unspecified atom stereocenters. The highest BCUT2D eigenvalue weighted by molar-refractivity contribution is 5.83. The number of aliphatic hydroxyl groups is 1. The zero-order valence-electron chi connectivity index (χ0n) is 12.6. The molecule has 0 saturated carbocycles. The molecule has 0 fully saturated rings. The lowest BCUT2D eigenvalue weighted by molar-refractivity contribution is -0.384. The van der Waals surface area contributed by atoms with Crippen LogP contribution < -0.4 is 5.32 Å². The number of hydrogen-bond donors (Lipinski definition) is 2. The van der Waals surface area contributed by atoms with Crippen LogP contribution in [0.4, 0.5) is 5.69 Å². The van der Waals surface area contributed by atoms with Gasteiger partial charge in [0.15, 0.2) is 0 Å². The Morgan fingerprint density at radius 3 is 2.57 bits per heavy atom. The van der Waals surface area contributed by atoms with Crippen molar-refractivity contribution in [1.82, 2.24) is 5.32 Å². The summed E-state index contributed by atoms with van der Waals surface area (Å²) in [5.74, 6) is -0.392. The van der Waals surface area contributed by atoms with Gasteiger partial charge in [0.2, 0.25) is 5.91 Å². The van der Waals surface area contributed by atoms with Gasteiger partial charge in [0.25, 0.3) is 5.69 Å². The van der Waals surface area contributed by atoms with E-state index < -0.39 is 10.8 Å². The number of benzene rings is 1. The number of carbonyl (C=O) groups excluding carboxylic acids is 1. The molecule has 0 aliphatic rings. The van der Waals surface area contributed by atoms with E-state index in [-0.39, 0.29) is 24.2 Å². The number of aliphatic hydroxyl groups excluding tert-OH is 1. The second kappa shape index (κ2) is 7.73. The van der Waals surface area contributed by atoms with Gasteiger partial charge in [-0.1, -0.05) is 26.0 Å². The van der Waals surface area contributed by atoms with Crippen LogP contribution in [0.3, 0.4) is 0 Å². The monoisotopic (exact) mass is 294 g/mol. The van der Waals surface area contributed by atoms with Crippen LogP contribution in [0.5, 0.6) is 0 Å². The van der Waals surface area contributed by atoms with Crippen LogP contribution in [0.25, 0.3) is 0 Å². The van der Waals surface area contributed by atoms with E-state index in [0.717, 1.165) is 0 Å². The number of hydrogen-bond acceptors (Lipinski definition) is 4. The van der Waals surface area contributed by atoms with E-state index in [1.54, 1.807) is 19.1 Å². The minimum atomic E-state index is -0.508. The summed E-state index contributed by atoms with van der Waals surface area (Å²) < 4.78 is 0. The minimum Gasteiger partial charge on any atom is -0.394 e. The van der Waals surface area contributed by atoms with Crippen molar-refractivity contribution < 1.29 is 14.8 Å². The second-order valence-electron chi connectivity index (χ2n) is 5.59. The maximum Gasteiger partial charge on any atom is 0.269 e. The molecule has 1 rings (SSSR count). The average molecular weight is 294 g/mol. The number of nitro benzene ring substituents is 1. The van der Waals surface area contributed by atoms with Gasteiger partial charge in [-0.15, -0.1) is 0 Å². The molecule has 0 saturated heterocycles. The van der Waals surface area contributed by atoms with Gasteiger partial charge in [-0.05, 0) is 24.8 Å². The fourth-order valence-electron chi connectivity index (χ4n) is 2.13. The van der Waals surface area contributed by atoms with Crippen LogP contribution in [0.1, 0.15) is 38.7 Å². The number of nitrogens with zero attached hydrogens (tertiary/aromatic N) is 1. The summed E-state index contributed by atoms with van der Waals surface area (Å²) in [5.41, 5.74) is 0.552. The topological polar surface area (TPSA) is 92.5 Å². The molecule has 1 amide bonds. The third-order valence-electron chi connectivity index (χ3n) is 3.30. The Labute approximate surface area is 124 Å². The largest absolute Gasteiger partial charge is 0.394 e. The smallest absolute Gasteiger partial charge is 0.269 e. The first-order valence-corrected chi connectivity index (χ1v) is 7.00. The molecular formula is C15H22N2O4. The Kier molecular flexibility index (Phi) is 6.30. The zero-order chi connectivity index (χ0) is 16.0. The van der Waals surface area contributed by atoms with E-state index in [9.17, 15) is 20.0 Å². The Hall–Kier alpha value is -1.95. The van der Waals surface area contributed by atoms with Crippen molar-refractivity contribution in [3.63, 3.8) is 0 Å². The Morgan fingerprint density at radius 1 is 1.38 bits per heavy atom. The molecule has 0 heterocycles. The van der Waals surface area contributed by atoms with Crippen LogP contribution in [0, 0.1) is 16.0 Å². The molecule has 0 aliphatic heterocycles. The Morgan fingerprint density at radius 2 is 2.05 bits per heavy atom. The average Bonchev–Trinajstić information content (AvgIpc) is 2.45. The molecule has 0 aliphatic carbocycles. The molecule has 1 aromatic carbocycles. The number of amides is 1. The highest BCUT2D eigenvalue weighted by Gasteiger charge is 2.20. The predicted molar refractivity (Wildman–Crippen MR) is 80.0 cm³/mol. The van der Waals surface area contributed by atoms with Crippen molar-refractivity contribution in [3.05, 3.63) is 39.9 Å². The Bertz CT molecular complexity index is 502. The lowest BCUT2D eigenvalue weighted by Crippen LogP contribution is -2.40. The predicted octanol–water partition coefficient (Wildman–Crippen LogP) is 2.22. The summed E-state index contributed by atoms with van der Waals surface area (Å²) in [6.45, 7) is 5.60. The van der Waals surface area contributed by atoms with E-state index in [0.29, 0.717) is 17.9 Å². The lowest BCUT2D eigenvalue weighted by Gasteiger charge is -2.21. The summed E-state index contributed by atoms with van der Waals surface area (Å²) in [4.78, 5) is 22.5. The van der Waals surface area contributed by atoms with E-state index >= 15 is 0 Å². The summed E-state index contributed by atoms with van der Waals surface area (Å²) in [6, 6.07) is 5.76. The molecule has 21 heavy (non-hydrogen) atoms. The molecule has 0 aromatic heterocycles. The highest BCUT2D eigenvalue weighted by atomic mass is 16.6. The molecule has 6 heteroatoms. The maximum atomic E-state index is 12.2. The van der Waals surface area contributed by atoms with Gasteiger partial charge in [-0.3, -0.25) is 14.9 Å². The van der Waals surface area contributed by atoms with Crippen molar-refractivity contribution in [2.24, 2.45) is 5.92 Å². The fourth-order valence-corrected chi connectivity index (χ4v) is 2.13. The normalized spacial score (nSPS) is 13.8. The van der Waals surface area contributed by atoms with Gasteiger partial charge in [0.05, 0.1) is 23.5 Å². The van der Waals surface area contributed by atoms with Crippen molar-refractivity contribution >= 4 is 11.6 Å². The first kappa shape index (κ1) is 17.1. The van der Waals surface area contributed by atoms with Gasteiger partial charge in [-0.2, -0.15) is 0 Å². The van der Waals surface area contributed by atoms with Crippen molar-refractivity contribution in [3.8, 4) is 0 Å². The molecule has 116 valence electrons. The van der Waals surface area contributed by atoms with E-state index in [4.69, 9.17) is 0 Å². The maximum absolute atomic E-state index is 12.2. The van der Waals surface area contributed by atoms with E-state index in [1.165, 1.54) is 12.1 Å². The SMILES string of the molecule is CC(C)CC(CO)NC(=O)C(C)c1cccc([N+](=O)[O-])c1. The number of nitro groups is 1. The van der Waals surface area contributed by atoms with Crippen LogP contribution in [-0.4, -0.2) is 28.6 Å². The molecule has 6 nitrogen and oxygen atoms in total. The van der Waals surface area contributed by atoms with Crippen molar-refractivity contribution in [2.45, 2.75) is 39.2 Å². The van der Waals surface area contributed by atoms with Crippen LogP contribution in [-0.2, 0) is 4.79 Å². The summed E-state index contributed by atoms with van der Waals surface area (Å²) in [7, 11) is 0. The Balaban J connectivity index is 2.77. The van der Waals surface area contributed by atoms with Gasteiger partial charge in [0.1, 0.15) is 0 Å². The van der Waals surface area contributed by atoms with Crippen LogP contribution >= 0.6 is 0 Å².